The number of carbonyl (C=O) groups excluding carboxylic acids is 2. The molecule has 2 rings (SSSR count). The van der Waals surface area contributed by atoms with Crippen molar-refractivity contribution in [3.63, 3.8) is 0 Å². The number of hydrogen-bond acceptors (Lipinski definition) is 3. The number of pyridine rings is 1. The highest BCUT2D eigenvalue weighted by Crippen LogP contribution is 2.23. The highest BCUT2D eigenvalue weighted by atomic mass is 16.2. The smallest absolute Gasteiger partial charge is 0.223 e. The van der Waals surface area contributed by atoms with Crippen molar-refractivity contribution in [3.8, 4) is 0 Å². The quantitative estimate of drug-likeness (QED) is 0.853. The molecule has 0 saturated carbocycles. The van der Waals surface area contributed by atoms with Crippen molar-refractivity contribution in [1.29, 1.82) is 0 Å². The molecule has 0 aliphatic carbocycles. The molecule has 2 amide bonds. The van der Waals surface area contributed by atoms with Crippen LogP contribution in [0.5, 0.6) is 0 Å². The van der Waals surface area contributed by atoms with Gasteiger partial charge >= 0.3 is 0 Å². The Labute approximate surface area is 136 Å². The van der Waals surface area contributed by atoms with E-state index in [2.05, 4.69) is 4.98 Å². The Kier molecular flexibility index (Phi) is 5.46. The third-order valence-corrected chi connectivity index (χ3v) is 3.80. The van der Waals surface area contributed by atoms with Gasteiger partial charge < -0.3 is 9.80 Å². The molecule has 23 heavy (non-hydrogen) atoms. The van der Waals surface area contributed by atoms with Gasteiger partial charge in [-0.15, -0.1) is 0 Å². The second kappa shape index (κ2) is 7.54. The Hall–Kier alpha value is -2.69. The van der Waals surface area contributed by atoms with E-state index in [4.69, 9.17) is 0 Å². The fourth-order valence-corrected chi connectivity index (χ4v) is 2.40. The third-order valence-electron chi connectivity index (χ3n) is 3.80. The number of likely N-dealkylation sites (N-methyl/N-ethyl adjacent to an activating group) is 1. The minimum atomic E-state index is -0.308. The number of nitrogens with zero attached hydrogens (tertiary/aromatic N) is 3. The highest BCUT2D eigenvalue weighted by molar-refractivity contribution is 5.91. The molecule has 1 aromatic heterocycles. The van der Waals surface area contributed by atoms with Crippen LogP contribution in [0.2, 0.25) is 0 Å². The lowest BCUT2D eigenvalue weighted by atomic mass is 10.1. The first-order valence-electron chi connectivity index (χ1n) is 7.48. The fourth-order valence-electron chi connectivity index (χ4n) is 2.40. The van der Waals surface area contributed by atoms with Crippen LogP contribution < -0.4 is 4.90 Å². The molecule has 0 fully saturated rings. The molecule has 0 N–H and O–H groups in total. The molecular formula is C18H21N3O2. The van der Waals surface area contributed by atoms with Gasteiger partial charge in [0.25, 0.3) is 0 Å². The molecule has 1 atom stereocenters. The van der Waals surface area contributed by atoms with E-state index in [1.54, 1.807) is 23.0 Å². The maximum absolute atomic E-state index is 12.1. The van der Waals surface area contributed by atoms with Crippen molar-refractivity contribution in [2.24, 2.45) is 0 Å². The van der Waals surface area contributed by atoms with Gasteiger partial charge in [-0.2, -0.15) is 0 Å². The molecule has 0 aliphatic heterocycles. The van der Waals surface area contributed by atoms with Crippen LogP contribution in [0.4, 0.5) is 5.69 Å². The maximum atomic E-state index is 12.1. The lowest BCUT2D eigenvalue weighted by molar-refractivity contribution is -0.130. The van der Waals surface area contributed by atoms with Gasteiger partial charge in [0.2, 0.25) is 11.8 Å². The van der Waals surface area contributed by atoms with Gasteiger partial charge in [-0.05, 0) is 24.3 Å². The summed E-state index contributed by atoms with van der Waals surface area (Å²) in [6.45, 7) is 3.39. The van der Waals surface area contributed by atoms with E-state index >= 15 is 0 Å². The Morgan fingerprint density at radius 2 is 1.65 bits per heavy atom. The summed E-state index contributed by atoms with van der Waals surface area (Å²) in [4.78, 5) is 31.6. The van der Waals surface area contributed by atoms with E-state index in [9.17, 15) is 9.59 Å². The van der Waals surface area contributed by atoms with Crippen molar-refractivity contribution in [1.82, 2.24) is 9.88 Å². The first-order chi connectivity index (χ1) is 11.0. The highest BCUT2D eigenvalue weighted by Gasteiger charge is 2.25. The molecular weight excluding hydrogens is 290 g/mol. The molecule has 5 heteroatoms. The number of carbonyl (C=O) groups is 2. The van der Waals surface area contributed by atoms with E-state index in [0.29, 0.717) is 6.54 Å². The molecule has 0 radical (unpaired) electrons. The Bertz CT molecular complexity index is 658. The molecule has 120 valence electrons. The first kappa shape index (κ1) is 16.7. The monoisotopic (exact) mass is 311 g/mol. The minimum absolute atomic E-state index is 0.0720. The summed E-state index contributed by atoms with van der Waals surface area (Å²) >= 11 is 0. The number of benzene rings is 1. The van der Waals surface area contributed by atoms with E-state index in [1.165, 1.54) is 13.8 Å². The number of anilines is 1. The standard InChI is InChI=1S/C18H21N3O2/c1-14(22)20(3)18(17-11-7-8-12-19-17)13-21(15(2)23)16-9-5-4-6-10-16/h4-12,18H,13H2,1-3H3. The molecule has 1 heterocycles. The zero-order valence-corrected chi connectivity index (χ0v) is 13.6. The van der Waals surface area contributed by atoms with Crippen LogP contribution in [0.25, 0.3) is 0 Å². The number of para-hydroxylation sites is 1. The maximum Gasteiger partial charge on any atom is 0.223 e. The molecule has 1 unspecified atom stereocenters. The van der Waals surface area contributed by atoms with E-state index in [1.807, 2.05) is 48.5 Å². The van der Waals surface area contributed by atoms with Crippen LogP contribution in [0.1, 0.15) is 25.6 Å². The molecule has 0 aliphatic rings. The number of rotatable bonds is 5. The Morgan fingerprint density at radius 1 is 1.00 bits per heavy atom. The Morgan fingerprint density at radius 3 is 2.17 bits per heavy atom. The normalized spacial score (nSPS) is 11.6. The van der Waals surface area contributed by atoms with Gasteiger partial charge in [-0.25, -0.2) is 0 Å². The van der Waals surface area contributed by atoms with Gasteiger partial charge in [0, 0.05) is 32.8 Å². The first-order valence-corrected chi connectivity index (χ1v) is 7.48. The summed E-state index contributed by atoms with van der Waals surface area (Å²) in [5, 5.41) is 0. The second-order valence-electron chi connectivity index (χ2n) is 5.37. The van der Waals surface area contributed by atoms with Crippen LogP contribution in [0, 0.1) is 0 Å². The van der Waals surface area contributed by atoms with Gasteiger partial charge in [-0.3, -0.25) is 14.6 Å². The third kappa shape index (κ3) is 4.16. The summed E-state index contributed by atoms with van der Waals surface area (Å²) in [6, 6.07) is 14.7. The van der Waals surface area contributed by atoms with E-state index < -0.39 is 0 Å². The molecule has 1 aromatic carbocycles. The minimum Gasteiger partial charge on any atom is -0.336 e. The van der Waals surface area contributed by atoms with Crippen molar-refractivity contribution in [2.75, 3.05) is 18.5 Å². The lowest BCUT2D eigenvalue weighted by Crippen LogP contribution is -2.40. The predicted molar refractivity (Wildman–Crippen MR) is 89.9 cm³/mol. The van der Waals surface area contributed by atoms with Crippen molar-refractivity contribution < 1.29 is 9.59 Å². The molecule has 5 nitrogen and oxygen atoms in total. The summed E-state index contributed by atoms with van der Waals surface area (Å²) in [5.74, 6) is -0.147. The van der Waals surface area contributed by atoms with Crippen LogP contribution in [0.3, 0.4) is 0 Å². The van der Waals surface area contributed by atoms with Gasteiger partial charge in [0.1, 0.15) is 0 Å². The molecule has 2 aromatic rings. The summed E-state index contributed by atoms with van der Waals surface area (Å²) in [5.41, 5.74) is 1.56. The number of hydrogen-bond donors (Lipinski definition) is 0. The summed E-state index contributed by atoms with van der Waals surface area (Å²) < 4.78 is 0. The van der Waals surface area contributed by atoms with Crippen LogP contribution in [0.15, 0.2) is 54.7 Å². The summed E-state index contributed by atoms with van der Waals surface area (Å²) in [7, 11) is 1.73. The Balaban J connectivity index is 2.35. The second-order valence-corrected chi connectivity index (χ2v) is 5.37. The van der Waals surface area contributed by atoms with Gasteiger partial charge in [0.15, 0.2) is 0 Å². The zero-order chi connectivity index (χ0) is 16.8. The van der Waals surface area contributed by atoms with Crippen molar-refractivity contribution in [2.45, 2.75) is 19.9 Å². The van der Waals surface area contributed by atoms with Crippen LogP contribution in [-0.2, 0) is 9.59 Å². The predicted octanol–water partition coefficient (Wildman–Crippen LogP) is 2.65. The number of aromatic nitrogens is 1. The SMILES string of the molecule is CC(=O)N(CC(c1ccccn1)N(C)C(C)=O)c1ccccc1. The molecule has 0 saturated heterocycles. The van der Waals surface area contributed by atoms with Crippen LogP contribution >= 0.6 is 0 Å². The average Bonchev–Trinajstić information content (AvgIpc) is 2.56. The largest absolute Gasteiger partial charge is 0.336 e. The zero-order valence-electron chi connectivity index (χ0n) is 13.6. The van der Waals surface area contributed by atoms with Crippen molar-refractivity contribution >= 4 is 17.5 Å². The van der Waals surface area contributed by atoms with E-state index in [-0.39, 0.29) is 17.9 Å². The number of amides is 2. The van der Waals surface area contributed by atoms with Crippen molar-refractivity contribution in [3.05, 3.63) is 60.4 Å². The molecule has 0 bridgehead atoms. The van der Waals surface area contributed by atoms with E-state index in [0.717, 1.165) is 11.4 Å². The topological polar surface area (TPSA) is 53.5 Å². The summed E-state index contributed by atoms with van der Waals surface area (Å²) in [6.07, 6.45) is 1.69. The van der Waals surface area contributed by atoms with Gasteiger partial charge in [0.05, 0.1) is 18.3 Å². The van der Waals surface area contributed by atoms with Gasteiger partial charge in [-0.1, -0.05) is 24.3 Å². The average molecular weight is 311 g/mol. The fraction of sp³-hybridized carbons (Fsp3) is 0.278. The lowest BCUT2D eigenvalue weighted by Gasteiger charge is -2.32. The molecule has 0 spiro atoms. The van der Waals surface area contributed by atoms with Crippen LogP contribution in [-0.4, -0.2) is 35.3 Å².